The van der Waals surface area contributed by atoms with Crippen LogP contribution < -0.4 is 9.64 Å². The Morgan fingerprint density at radius 2 is 2.11 bits per heavy atom. The number of carboxylic acids is 1. The van der Waals surface area contributed by atoms with E-state index in [1.165, 1.54) is 0 Å². The van der Waals surface area contributed by atoms with E-state index in [4.69, 9.17) is 9.84 Å². The number of methoxy groups -OCH3 is 1. The molecule has 0 radical (unpaired) electrons. The lowest BCUT2D eigenvalue weighted by molar-refractivity contribution is -0.137. The van der Waals surface area contributed by atoms with Gasteiger partial charge in [-0.15, -0.1) is 0 Å². The lowest BCUT2D eigenvalue weighted by atomic mass is 10.1. The van der Waals surface area contributed by atoms with Crippen molar-refractivity contribution in [1.82, 2.24) is 0 Å². The number of ether oxygens (including phenoxy) is 1. The summed E-state index contributed by atoms with van der Waals surface area (Å²) in [6.07, 6.45) is 1.78. The third-order valence-electron chi connectivity index (χ3n) is 3.37. The first-order chi connectivity index (χ1) is 9.11. The van der Waals surface area contributed by atoms with Crippen LogP contribution in [0.25, 0.3) is 0 Å². The van der Waals surface area contributed by atoms with Crippen molar-refractivity contribution in [3.05, 3.63) is 24.3 Å². The monoisotopic (exact) mass is 263 g/mol. The molecule has 0 saturated carbocycles. The predicted molar refractivity (Wildman–Crippen MR) is 70.4 cm³/mol. The van der Waals surface area contributed by atoms with Crippen molar-refractivity contribution in [1.29, 1.82) is 0 Å². The van der Waals surface area contributed by atoms with Gasteiger partial charge in [0.15, 0.2) is 0 Å². The number of benzene rings is 1. The molecule has 0 bridgehead atoms. The third-order valence-corrected chi connectivity index (χ3v) is 3.37. The number of anilines is 1. The zero-order valence-corrected chi connectivity index (χ0v) is 10.8. The topological polar surface area (TPSA) is 66.8 Å². The average Bonchev–Trinajstić information content (AvgIpc) is 2.78. The summed E-state index contributed by atoms with van der Waals surface area (Å²) in [6.45, 7) is 0. The van der Waals surface area contributed by atoms with Crippen molar-refractivity contribution >= 4 is 17.6 Å². The van der Waals surface area contributed by atoms with E-state index >= 15 is 0 Å². The maximum atomic E-state index is 11.9. The lowest BCUT2D eigenvalue weighted by Crippen LogP contribution is -2.33. The minimum atomic E-state index is -0.825. The summed E-state index contributed by atoms with van der Waals surface area (Å²) in [6, 6.07) is 7.24. The summed E-state index contributed by atoms with van der Waals surface area (Å²) in [5, 5.41) is 8.74. The van der Waals surface area contributed by atoms with Gasteiger partial charge in [-0.25, -0.2) is 0 Å². The highest BCUT2D eigenvalue weighted by atomic mass is 16.5. The van der Waals surface area contributed by atoms with Crippen LogP contribution in [0.3, 0.4) is 0 Å². The molecule has 1 N–H and O–H groups in total. The van der Waals surface area contributed by atoms with Crippen LogP contribution in [0.2, 0.25) is 0 Å². The van der Waals surface area contributed by atoms with E-state index in [1.54, 1.807) is 24.1 Å². The largest absolute Gasteiger partial charge is 0.497 e. The molecule has 1 amide bonds. The second-order valence-corrected chi connectivity index (χ2v) is 4.59. The maximum absolute atomic E-state index is 11.9. The van der Waals surface area contributed by atoms with Crippen molar-refractivity contribution in [3.63, 3.8) is 0 Å². The van der Waals surface area contributed by atoms with Crippen LogP contribution in [-0.2, 0) is 9.59 Å². The molecule has 1 aliphatic rings. The van der Waals surface area contributed by atoms with Gasteiger partial charge in [0.2, 0.25) is 5.91 Å². The zero-order valence-electron chi connectivity index (χ0n) is 10.8. The first-order valence-corrected chi connectivity index (χ1v) is 6.29. The van der Waals surface area contributed by atoms with Gasteiger partial charge in [0.1, 0.15) is 5.75 Å². The van der Waals surface area contributed by atoms with Crippen LogP contribution in [0.15, 0.2) is 24.3 Å². The molecule has 1 heterocycles. The molecule has 5 heteroatoms. The molecule has 1 aromatic carbocycles. The molecular weight excluding hydrogens is 246 g/mol. The fourth-order valence-electron chi connectivity index (χ4n) is 2.40. The average molecular weight is 263 g/mol. The van der Waals surface area contributed by atoms with E-state index in [9.17, 15) is 9.59 Å². The number of amides is 1. The molecule has 1 saturated heterocycles. The Kier molecular flexibility index (Phi) is 4.04. The van der Waals surface area contributed by atoms with Gasteiger partial charge in [-0.3, -0.25) is 9.59 Å². The zero-order chi connectivity index (χ0) is 13.8. The highest BCUT2D eigenvalue weighted by molar-refractivity contribution is 5.96. The van der Waals surface area contributed by atoms with Crippen molar-refractivity contribution in [2.45, 2.75) is 31.7 Å². The van der Waals surface area contributed by atoms with E-state index in [1.807, 2.05) is 12.1 Å². The van der Waals surface area contributed by atoms with Gasteiger partial charge in [0.25, 0.3) is 0 Å². The molecule has 0 aromatic heterocycles. The van der Waals surface area contributed by atoms with Crippen LogP contribution in [0, 0.1) is 0 Å². The van der Waals surface area contributed by atoms with Crippen LogP contribution in [0.1, 0.15) is 25.7 Å². The van der Waals surface area contributed by atoms with Crippen molar-refractivity contribution in [2.75, 3.05) is 12.0 Å². The summed E-state index contributed by atoms with van der Waals surface area (Å²) in [7, 11) is 1.59. The first-order valence-electron chi connectivity index (χ1n) is 6.29. The van der Waals surface area contributed by atoms with Crippen molar-refractivity contribution < 1.29 is 19.4 Å². The molecule has 0 aliphatic carbocycles. The fourth-order valence-corrected chi connectivity index (χ4v) is 2.40. The Morgan fingerprint density at radius 3 is 2.68 bits per heavy atom. The molecule has 5 nitrogen and oxygen atoms in total. The minimum absolute atomic E-state index is 0.0167. The second kappa shape index (κ2) is 5.73. The molecule has 1 aromatic rings. The third kappa shape index (κ3) is 3.05. The Hall–Kier alpha value is -2.04. The van der Waals surface area contributed by atoms with Gasteiger partial charge < -0.3 is 14.7 Å². The van der Waals surface area contributed by atoms with E-state index in [-0.39, 0.29) is 18.4 Å². The highest BCUT2D eigenvalue weighted by Crippen LogP contribution is 2.30. The van der Waals surface area contributed by atoms with E-state index < -0.39 is 5.97 Å². The molecule has 19 heavy (non-hydrogen) atoms. The molecule has 102 valence electrons. The van der Waals surface area contributed by atoms with Gasteiger partial charge in [0, 0.05) is 24.6 Å². The Balaban J connectivity index is 2.13. The van der Waals surface area contributed by atoms with Crippen molar-refractivity contribution in [2.24, 2.45) is 0 Å². The van der Waals surface area contributed by atoms with Crippen LogP contribution >= 0.6 is 0 Å². The van der Waals surface area contributed by atoms with E-state index in [0.717, 1.165) is 17.9 Å². The van der Waals surface area contributed by atoms with Crippen LogP contribution in [0.4, 0.5) is 5.69 Å². The van der Waals surface area contributed by atoms with E-state index in [0.29, 0.717) is 12.8 Å². The second-order valence-electron chi connectivity index (χ2n) is 4.59. The normalized spacial score (nSPS) is 18.7. The molecule has 2 rings (SSSR count). The molecule has 0 spiro atoms. The molecular formula is C14H17NO4. The Morgan fingerprint density at radius 1 is 1.42 bits per heavy atom. The number of hydrogen-bond acceptors (Lipinski definition) is 3. The molecule has 1 aliphatic heterocycles. The fraction of sp³-hybridized carbons (Fsp3) is 0.429. The van der Waals surface area contributed by atoms with Gasteiger partial charge in [-0.05, 0) is 37.1 Å². The van der Waals surface area contributed by atoms with Gasteiger partial charge in [0.05, 0.1) is 7.11 Å². The molecule has 1 atom stereocenters. The van der Waals surface area contributed by atoms with Crippen LogP contribution in [0.5, 0.6) is 5.75 Å². The van der Waals surface area contributed by atoms with Crippen molar-refractivity contribution in [3.8, 4) is 5.75 Å². The number of hydrogen-bond donors (Lipinski definition) is 1. The highest BCUT2D eigenvalue weighted by Gasteiger charge is 2.32. The summed E-state index contributed by atoms with van der Waals surface area (Å²) in [4.78, 5) is 24.3. The predicted octanol–water partition coefficient (Wildman–Crippen LogP) is 2.06. The van der Waals surface area contributed by atoms with E-state index in [2.05, 4.69) is 0 Å². The van der Waals surface area contributed by atoms with Gasteiger partial charge >= 0.3 is 5.97 Å². The number of aliphatic carboxylic acids is 1. The number of carbonyl (C=O) groups is 2. The summed E-state index contributed by atoms with van der Waals surface area (Å²) in [5.41, 5.74) is 0.804. The summed E-state index contributed by atoms with van der Waals surface area (Å²) >= 11 is 0. The number of carboxylic acid groups (broad SMARTS) is 1. The SMILES string of the molecule is COc1ccc(N2C(=O)CCC2CCC(=O)O)cc1. The first kappa shape index (κ1) is 13.4. The molecule has 1 fully saturated rings. The van der Waals surface area contributed by atoms with Gasteiger partial charge in [-0.2, -0.15) is 0 Å². The lowest BCUT2D eigenvalue weighted by Gasteiger charge is -2.24. The Bertz CT molecular complexity index is 469. The molecule has 1 unspecified atom stereocenters. The number of carbonyl (C=O) groups excluding carboxylic acids is 1. The quantitative estimate of drug-likeness (QED) is 0.883. The standard InChI is InChI=1S/C14H17NO4/c1-19-12-6-2-10(3-7-12)15-11(4-8-13(15)16)5-9-14(17)18/h2-3,6-7,11H,4-5,8-9H2,1H3,(H,17,18). The smallest absolute Gasteiger partial charge is 0.303 e. The number of rotatable bonds is 5. The van der Waals surface area contributed by atoms with Crippen LogP contribution in [-0.4, -0.2) is 30.1 Å². The minimum Gasteiger partial charge on any atom is -0.497 e. The van der Waals surface area contributed by atoms with Gasteiger partial charge in [-0.1, -0.05) is 0 Å². The summed E-state index contributed by atoms with van der Waals surface area (Å²) < 4.78 is 5.08. The summed E-state index contributed by atoms with van der Waals surface area (Å²) in [5.74, 6) is -0.0351. The Labute approximate surface area is 111 Å². The number of nitrogens with zero attached hydrogens (tertiary/aromatic N) is 1. The maximum Gasteiger partial charge on any atom is 0.303 e.